The van der Waals surface area contributed by atoms with Gasteiger partial charge in [0.15, 0.2) is 5.60 Å². The van der Waals surface area contributed by atoms with Crippen LogP contribution in [0.25, 0.3) is 0 Å². The number of methoxy groups -OCH3 is 1. The number of carbonyl (C=O) groups is 1. The average molecular weight is 385 g/mol. The highest BCUT2D eigenvalue weighted by Gasteiger charge is 2.76. The van der Waals surface area contributed by atoms with Crippen molar-refractivity contribution < 1.29 is 24.5 Å². The van der Waals surface area contributed by atoms with E-state index in [4.69, 9.17) is 9.47 Å². The summed E-state index contributed by atoms with van der Waals surface area (Å²) in [5, 5.41) is 22.6. The molecule has 5 fully saturated rings. The van der Waals surface area contributed by atoms with Crippen molar-refractivity contribution in [3.63, 3.8) is 0 Å². The molecule has 1 spiro atoms. The van der Waals surface area contributed by atoms with Gasteiger partial charge in [0.25, 0.3) is 0 Å². The quantitative estimate of drug-likeness (QED) is 0.771. The number of hydrogen-bond acceptors (Lipinski definition) is 6. The Morgan fingerprint density at radius 1 is 1.29 bits per heavy atom. The molecule has 1 aromatic carbocycles. The van der Waals surface area contributed by atoms with E-state index in [-0.39, 0.29) is 6.04 Å². The van der Waals surface area contributed by atoms with E-state index in [9.17, 15) is 15.0 Å². The summed E-state index contributed by atoms with van der Waals surface area (Å²) in [6, 6.07) is 5.58. The van der Waals surface area contributed by atoms with Crippen molar-refractivity contribution in [2.45, 2.75) is 67.3 Å². The van der Waals surface area contributed by atoms with Crippen LogP contribution in [-0.4, -0.2) is 58.5 Å². The molecule has 3 aliphatic heterocycles. The van der Waals surface area contributed by atoms with Crippen LogP contribution in [-0.2, 0) is 14.9 Å². The number of aliphatic hydroxyl groups excluding tert-OH is 1. The summed E-state index contributed by atoms with van der Waals surface area (Å²) in [6.45, 7) is 1.80. The molecule has 3 saturated heterocycles. The Labute approximate surface area is 164 Å². The Bertz CT molecular complexity index is 868. The largest absolute Gasteiger partial charge is 0.497 e. The van der Waals surface area contributed by atoms with E-state index in [0.29, 0.717) is 25.2 Å². The molecule has 28 heavy (non-hydrogen) atoms. The Hall–Kier alpha value is -1.63. The molecule has 2 N–H and O–H groups in total. The standard InChI is InChI=1S/C22H27NO5/c1-27-14-4-5-15-16(10-14)20-8-9-23(11-13-2-3-13)18(17(15)24)22(20)7-6-21(26,12-20)19(25)28-22/h4-5,10,13,17-18,24,26H,2-3,6-9,11-12H2,1H3/t17?,18-,20-,21+,22-/m1/s1. The summed E-state index contributed by atoms with van der Waals surface area (Å²) in [4.78, 5) is 15.1. The predicted molar refractivity (Wildman–Crippen MR) is 100.0 cm³/mol. The van der Waals surface area contributed by atoms with Crippen LogP contribution < -0.4 is 4.74 Å². The molecule has 0 radical (unpaired) electrons. The Morgan fingerprint density at radius 2 is 2.11 bits per heavy atom. The third kappa shape index (κ3) is 1.91. The second-order valence-corrected chi connectivity index (χ2v) is 9.60. The van der Waals surface area contributed by atoms with Gasteiger partial charge in [-0.15, -0.1) is 0 Å². The van der Waals surface area contributed by atoms with Gasteiger partial charge in [0, 0.05) is 18.4 Å². The van der Waals surface area contributed by atoms with Crippen LogP contribution in [0.3, 0.4) is 0 Å². The maximum atomic E-state index is 12.7. The molecule has 6 aliphatic rings. The first-order chi connectivity index (χ1) is 13.4. The van der Waals surface area contributed by atoms with E-state index >= 15 is 0 Å². The summed E-state index contributed by atoms with van der Waals surface area (Å²) in [6.07, 6.45) is 3.96. The van der Waals surface area contributed by atoms with Gasteiger partial charge in [-0.1, -0.05) is 6.07 Å². The van der Waals surface area contributed by atoms with Crippen LogP contribution in [0.4, 0.5) is 0 Å². The van der Waals surface area contributed by atoms with Crippen LogP contribution in [0, 0.1) is 5.92 Å². The number of likely N-dealkylation sites (tertiary alicyclic amines) is 1. The van der Waals surface area contributed by atoms with Gasteiger partial charge in [0.2, 0.25) is 0 Å². The zero-order chi connectivity index (χ0) is 19.3. The Balaban J connectivity index is 1.58. The highest BCUT2D eigenvalue weighted by Crippen LogP contribution is 2.67. The SMILES string of the molecule is COc1ccc2c(c1)[C@]13CCN(CC4CC4)[C@H](C2O)[C@]12CC[C@](O)(C3)C(=O)O2. The highest BCUT2D eigenvalue weighted by molar-refractivity contribution is 5.83. The van der Waals surface area contributed by atoms with Crippen molar-refractivity contribution in [3.8, 4) is 5.75 Å². The van der Waals surface area contributed by atoms with E-state index in [1.807, 2.05) is 18.2 Å². The van der Waals surface area contributed by atoms with E-state index in [0.717, 1.165) is 36.4 Å². The molecule has 1 aromatic rings. The average Bonchev–Trinajstić information content (AvgIpc) is 3.50. The summed E-state index contributed by atoms with van der Waals surface area (Å²) in [7, 11) is 1.63. The van der Waals surface area contributed by atoms with Gasteiger partial charge in [-0.3, -0.25) is 4.90 Å². The number of nitrogens with zero attached hydrogens (tertiary/aromatic N) is 1. The fourth-order valence-electron chi connectivity index (χ4n) is 6.77. The summed E-state index contributed by atoms with van der Waals surface area (Å²) < 4.78 is 11.6. The van der Waals surface area contributed by atoms with Crippen LogP contribution in [0.15, 0.2) is 18.2 Å². The smallest absolute Gasteiger partial charge is 0.338 e. The molecule has 3 heterocycles. The highest BCUT2D eigenvalue weighted by atomic mass is 16.6. The maximum absolute atomic E-state index is 12.7. The number of piperidine rings is 1. The molecule has 5 atom stereocenters. The number of fused-ring (bicyclic) bond motifs is 3. The van der Waals surface area contributed by atoms with Gasteiger partial charge in [-0.2, -0.15) is 0 Å². The number of rotatable bonds is 3. The fraction of sp³-hybridized carbons (Fsp3) is 0.682. The second kappa shape index (κ2) is 5.29. The van der Waals surface area contributed by atoms with Crippen LogP contribution >= 0.6 is 0 Å². The molecule has 4 bridgehead atoms. The summed E-state index contributed by atoms with van der Waals surface area (Å²) in [5.41, 5.74) is -0.785. The fourth-order valence-corrected chi connectivity index (χ4v) is 6.77. The molecule has 0 aromatic heterocycles. The molecule has 1 unspecified atom stereocenters. The van der Waals surface area contributed by atoms with Gasteiger partial charge in [0.05, 0.1) is 19.3 Å². The van der Waals surface area contributed by atoms with Crippen molar-refractivity contribution in [2.75, 3.05) is 20.2 Å². The van der Waals surface area contributed by atoms with E-state index in [2.05, 4.69) is 4.90 Å². The molecule has 6 heteroatoms. The maximum Gasteiger partial charge on any atom is 0.338 e. The summed E-state index contributed by atoms with van der Waals surface area (Å²) >= 11 is 0. The van der Waals surface area contributed by atoms with Crippen LogP contribution in [0.1, 0.15) is 55.8 Å². The van der Waals surface area contributed by atoms with Gasteiger partial charge < -0.3 is 19.7 Å². The minimum Gasteiger partial charge on any atom is -0.497 e. The number of carbonyl (C=O) groups excluding carboxylic acids is 1. The molecular weight excluding hydrogens is 358 g/mol. The number of benzene rings is 1. The van der Waals surface area contributed by atoms with Crippen LogP contribution in [0.2, 0.25) is 0 Å². The molecule has 3 aliphatic carbocycles. The number of ether oxygens (including phenoxy) is 2. The van der Waals surface area contributed by atoms with Gasteiger partial charge in [-0.25, -0.2) is 4.79 Å². The molecule has 6 nitrogen and oxygen atoms in total. The third-order valence-corrected chi connectivity index (χ3v) is 8.25. The van der Waals surface area contributed by atoms with E-state index < -0.39 is 28.7 Å². The first kappa shape index (κ1) is 17.2. The number of hydrogen-bond donors (Lipinski definition) is 2. The van der Waals surface area contributed by atoms with Crippen molar-refractivity contribution in [1.29, 1.82) is 0 Å². The lowest BCUT2D eigenvalue weighted by molar-refractivity contribution is -0.283. The lowest BCUT2D eigenvalue weighted by Crippen LogP contribution is -2.81. The summed E-state index contributed by atoms with van der Waals surface area (Å²) in [5.74, 6) is 0.911. The van der Waals surface area contributed by atoms with Crippen molar-refractivity contribution in [2.24, 2.45) is 5.92 Å². The number of aliphatic hydroxyl groups is 2. The van der Waals surface area contributed by atoms with Crippen LogP contribution in [0.5, 0.6) is 5.75 Å². The van der Waals surface area contributed by atoms with Crippen molar-refractivity contribution in [3.05, 3.63) is 29.3 Å². The lowest BCUT2D eigenvalue weighted by atomic mass is 9.45. The molecule has 0 amide bonds. The third-order valence-electron chi connectivity index (χ3n) is 8.25. The molecule has 7 rings (SSSR count). The second-order valence-electron chi connectivity index (χ2n) is 9.60. The van der Waals surface area contributed by atoms with E-state index in [1.54, 1.807) is 7.11 Å². The Kier molecular flexibility index (Phi) is 3.26. The molecule has 2 saturated carbocycles. The van der Waals surface area contributed by atoms with E-state index in [1.165, 1.54) is 12.8 Å². The van der Waals surface area contributed by atoms with Crippen molar-refractivity contribution >= 4 is 5.97 Å². The minimum absolute atomic E-state index is 0.253. The normalized spacial score (nSPS) is 43.9. The lowest BCUT2D eigenvalue weighted by Gasteiger charge is -2.70. The molecular formula is C22H27NO5. The van der Waals surface area contributed by atoms with Crippen molar-refractivity contribution in [1.82, 2.24) is 4.90 Å². The minimum atomic E-state index is -1.42. The zero-order valence-electron chi connectivity index (χ0n) is 16.2. The predicted octanol–water partition coefficient (Wildman–Crippen LogP) is 1.67. The van der Waals surface area contributed by atoms with Gasteiger partial charge >= 0.3 is 5.97 Å². The van der Waals surface area contributed by atoms with Gasteiger partial charge in [0.1, 0.15) is 11.4 Å². The first-order valence-electron chi connectivity index (χ1n) is 10.5. The Morgan fingerprint density at radius 3 is 2.82 bits per heavy atom. The topological polar surface area (TPSA) is 79.2 Å². The van der Waals surface area contributed by atoms with Gasteiger partial charge in [-0.05, 0) is 67.8 Å². The first-order valence-corrected chi connectivity index (χ1v) is 10.5. The monoisotopic (exact) mass is 385 g/mol. The molecule has 150 valence electrons. The zero-order valence-corrected chi connectivity index (χ0v) is 16.2. The number of esters is 1.